The van der Waals surface area contributed by atoms with Crippen LogP contribution in [0.1, 0.15) is 51.4 Å². The normalized spacial score (nSPS) is 35.9. The maximum Gasteiger partial charge on any atom is 0.0693 e. The molecule has 0 spiro atoms. The Labute approximate surface area is 99.1 Å². The molecule has 0 aromatic heterocycles. The minimum Gasteiger partial charge on any atom is -0.392 e. The highest BCUT2D eigenvalue weighted by molar-refractivity contribution is 4.91. The molecule has 0 aliphatic heterocycles. The van der Waals surface area contributed by atoms with E-state index in [4.69, 9.17) is 0 Å². The summed E-state index contributed by atoms with van der Waals surface area (Å²) in [6.07, 6.45) is 14.2. The Bertz CT molecular complexity index is 227. The molecule has 2 rings (SSSR count). The van der Waals surface area contributed by atoms with Gasteiger partial charge in [-0.25, -0.2) is 0 Å². The summed E-state index contributed by atoms with van der Waals surface area (Å²) in [5.74, 6) is 0.792. The zero-order chi connectivity index (χ0) is 11.2. The molecule has 2 heteroatoms. The first-order valence-electron chi connectivity index (χ1n) is 6.92. The summed E-state index contributed by atoms with van der Waals surface area (Å²) in [6, 6.07) is 0.355. The third-order valence-corrected chi connectivity index (χ3v) is 4.03. The Morgan fingerprint density at radius 3 is 2.75 bits per heavy atom. The first-order valence-corrected chi connectivity index (χ1v) is 6.92. The van der Waals surface area contributed by atoms with E-state index >= 15 is 0 Å². The number of allylic oxidation sites excluding steroid dienone is 2. The Morgan fingerprint density at radius 2 is 1.94 bits per heavy atom. The molecule has 1 saturated carbocycles. The van der Waals surface area contributed by atoms with Gasteiger partial charge in [-0.2, -0.15) is 0 Å². The molecule has 3 atom stereocenters. The average molecular weight is 223 g/mol. The van der Waals surface area contributed by atoms with Crippen molar-refractivity contribution in [2.45, 2.75) is 63.5 Å². The van der Waals surface area contributed by atoms with Gasteiger partial charge in [-0.3, -0.25) is 0 Å². The molecule has 2 nitrogen and oxygen atoms in total. The second-order valence-electron chi connectivity index (χ2n) is 5.37. The second kappa shape index (κ2) is 6.41. The minimum atomic E-state index is -0.110. The highest BCUT2D eigenvalue weighted by Gasteiger charge is 2.22. The van der Waals surface area contributed by atoms with E-state index in [0.717, 1.165) is 25.3 Å². The predicted molar refractivity (Wildman–Crippen MR) is 67.4 cm³/mol. The molecule has 0 saturated heterocycles. The van der Waals surface area contributed by atoms with E-state index in [-0.39, 0.29) is 6.10 Å². The van der Waals surface area contributed by atoms with Crippen molar-refractivity contribution in [2.24, 2.45) is 5.92 Å². The number of hydrogen-bond acceptors (Lipinski definition) is 2. The molecule has 0 amide bonds. The van der Waals surface area contributed by atoms with Gasteiger partial charge < -0.3 is 10.4 Å². The van der Waals surface area contributed by atoms with Crippen LogP contribution in [0.15, 0.2) is 12.2 Å². The SMILES string of the molecule is OC1CCCCCC1NCC1CC=CCC1. The first kappa shape index (κ1) is 12.1. The first-order chi connectivity index (χ1) is 7.86. The van der Waals surface area contributed by atoms with Crippen molar-refractivity contribution >= 4 is 0 Å². The fourth-order valence-corrected chi connectivity index (χ4v) is 2.89. The van der Waals surface area contributed by atoms with E-state index in [1.165, 1.54) is 38.5 Å². The third-order valence-electron chi connectivity index (χ3n) is 4.03. The fourth-order valence-electron chi connectivity index (χ4n) is 2.89. The lowest BCUT2D eigenvalue weighted by Gasteiger charge is -2.25. The van der Waals surface area contributed by atoms with Crippen LogP contribution in [0.3, 0.4) is 0 Å². The van der Waals surface area contributed by atoms with Crippen molar-refractivity contribution in [3.63, 3.8) is 0 Å². The lowest BCUT2D eigenvalue weighted by Crippen LogP contribution is -2.41. The lowest BCUT2D eigenvalue weighted by atomic mass is 9.93. The number of nitrogens with one attached hydrogen (secondary N) is 1. The molecule has 1 fully saturated rings. The fraction of sp³-hybridized carbons (Fsp3) is 0.857. The summed E-state index contributed by atoms with van der Waals surface area (Å²) in [4.78, 5) is 0. The molecule has 3 unspecified atom stereocenters. The van der Waals surface area contributed by atoms with Crippen molar-refractivity contribution in [3.8, 4) is 0 Å². The summed E-state index contributed by atoms with van der Waals surface area (Å²) in [5, 5.41) is 13.6. The van der Waals surface area contributed by atoms with Crippen LogP contribution in [-0.4, -0.2) is 23.8 Å². The molecule has 2 aliphatic rings. The Morgan fingerprint density at radius 1 is 1.06 bits per heavy atom. The number of aliphatic hydroxyl groups excluding tert-OH is 1. The molecular formula is C14H25NO. The predicted octanol–water partition coefficient (Wildman–Crippen LogP) is 2.63. The summed E-state index contributed by atoms with van der Waals surface area (Å²) in [6.45, 7) is 1.09. The largest absolute Gasteiger partial charge is 0.392 e. The third kappa shape index (κ3) is 3.60. The monoisotopic (exact) mass is 223 g/mol. The van der Waals surface area contributed by atoms with E-state index in [1.54, 1.807) is 0 Å². The number of hydrogen-bond donors (Lipinski definition) is 2. The van der Waals surface area contributed by atoms with Crippen molar-refractivity contribution in [3.05, 3.63) is 12.2 Å². The molecule has 92 valence electrons. The lowest BCUT2D eigenvalue weighted by molar-refractivity contribution is 0.117. The van der Waals surface area contributed by atoms with Crippen molar-refractivity contribution in [1.82, 2.24) is 5.32 Å². The maximum atomic E-state index is 10.0. The van der Waals surface area contributed by atoms with Crippen LogP contribution in [0.2, 0.25) is 0 Å². The van der Waals surface area contributed by atoms with Gasteiger partial charge in [-0.1, -0.05) is 31.4 Å². The van der Waals surface area contributed by atoms with Crippen LogP contribution in [0.4, 0.5) is 0 Å². The van der Waals surface area contributed by atoms with Gasteiger partial charge in [-0.15, -0.1) is 0 Å². The highest BCUT2D eigenvalue weighted by atomic mass is 16.3. The van der Waals surface area contributed by atoms with Gasteiger partial charge in [-0.05, 0) is 44.6 Å². The maximum absolute atomic E-state index is 10.0. The minimum absolute atomic E-state index is 0.110. The number of rotatable bonds is 3. The summed E-state index contributed by atoms with van der Waals surface area (Å²) < 4.78 is 0. The van der Waals surface area contributed by atoms with Crippen LogP contribution in [0, 0.1) is 5.92 Å². The van der Waals surface area contributed by atoms with Crippen LogP contribution in [0.25, 0.3) is 0 Å². The zero-order valence-electron chi connectivity index (χ0n) is 10.2. The van der Waals surface area contributed by atoms with E-state index < -0.39 is 0 Å². The second-order valence-corrected chi connectivity index (χ2v) is 5.37. The standard InChI is InChI=1S/C14H25NO/c16-14-10-6-2-5-9-13(14)15-11-12-7-3-1-4-8-12/h1,3,12-16H,2,4-11H2. The summed E-state index contributed by atoms with van der Waals surface area (Å²) in [7, 11) is 0. The van der Waals surface area contributed by atoms with E-state index in [0.29, 0.717) is 6.04 Å². The quantitative estimate of drug-likeness (QED) is 0.569. The summed E-state index contributed by atoms with van der Waals surface area (Å²) >= 11 is 0. The van der Waals surface area contributed by atoms with Gasteiger partial charge in [0, 0.05) is 6.04 Å². The van der Waals surface area contributed by atoms with Gasteiger partial charge in [0.25, 0.3) is 0 Å². The molecule has 16 heavy (non-hydrogen) atoms. The van der Waals surface area contributed by atoms with E-state index in [9.17, 15) is 5.11 Å². The molecule has 2 N–H and O–H groups in total. The average Bonchev–Trinajstić information content (AvgIpc) is 2.53. The van der Waals surface area contributed by atoms with E-state index in [1.807, 2.05) is 0 Å². The summed E-state index contributed by atoms with van der Waals surface area (Å²) in [5.41, 5.74) is 0. The number of aliphatic hydroxyl groups is 1. The Hall–Kier alpha value is -0.340. The van der Waals surface area contributed by atoms with Gasteiger partial charge in [0.05, 0.1) is 6.10 Å². The molecule has 0 heterocycles. The molecule has 0 aromatic carbocycles. The van der Waals surface area contributed by atoms with E-state index in [2.05, 4.69) is 17.5 Å². The molecule has 0 aromatic rings. The van der Waals surface area contributed by atoms with Crippen LogP contribution in [-0.2, 0) is 0 Å². The van der Waals surface area contributed by atoms with Crippen molar-refractivity contribution in [1.29, 1.82) is 0 Å². The molecule has 0 radical (unpaired) electrons. The van der Waals surface area contributed by atoms with Gasteiger partial charge in [0.1, 0.15) is 0 Å². The smallest absolute Gasteiger partial charge is 0.0693 e. The Kier molecular flexibility index (Phi) is 4.86. The molecule has 0 bridgehead atoms. The van der Waals surface area contributed by atoms with Crippen molar-refractivity contribution in [2.75, 3.05) is 6.54 Å². The van der Waals surface area contributed by atoms with Gasteiger partial charge >= 0.3 is 0 Å². The topological polar surface area (TPSA) is 32.3 Å². The highest BCUT2D eigenvalue weighted by Crippen LogP contribution is 2.20. The van der Waals surface area contributed by atoms with Gasteiger partial charge in [0.15, 0.2) is 0 Å². The van der Waals surface area contributed by atoms with Crippen LogP contribution in [0.5, 0.6) is 0 Å². The van der Waals surface area contributed by atoms with Gasteiger partial charge in [0.2, 0.25) is 0 Å². The van der Waals surface area contributed by atoms with Crippen molar-refractivity contribution < 1.29 is 5.11 Å². The van der Waals surface area contributed by atoms with Crippen LogP contribution < -0.4 is 5.32 Å². The molecule has 2 aliphatic carbocycles. The Balaban J connectivity index is 1.72. The zero-order valence-corrected chi connectivity index (χ0v) is 10.2. The van der Waals surface area contributed by atoms with Crippen LogP contribution >= 0.6 is 0 Å². The molecular weight excluding hydrogens is 198 g/mol.